The molecule has 0 aliphatic heterocycles. The third kappa shape index (κ3) is 8.10. The number of fused-ring (bicyclic) bond motifs is 1. The molecule has 8 N–H and O–H groups in total. The molecule has 2 aromatic rings. The molecule has 0 bridgehead atoms. The van der Waals surface area contributed by atoms with Crippen molar-refractivity contribution in [2.24, 2.45) is 0 Å². The average molecular weight is 564 g/mol. The number of alkyl halides is 1. The lowest BCUT2D eigenvalue weighted by atomic mass is 10.2. The van der Waals surface area contributed by atoms with E-state index in [0.29, 0.717) is 5.39 Å². The minimum Gasteiger partial charge on any atom is -0.392 e. The summed E-state index contributed by atoms with van der Waals surface area (Å²) in [7, 11) is -17.3. The maximum atomic E-state index is 15.7. The highest BCUT2D eigenvalue weighted by atomic mass is 31.3. The van der Waals surface area contributed by atoms with E-state index in [0.717, 1.165) is 10.9 Å². The van der Waals surface area contributed by atoms with Gasteiger partial charge in [-0.1, -0.05) is 5.92 Å². The van der Waals surface area contributed by atoms with Gasteiger partial charge in [0.1, 0.15) is 24.4 Å². The Bertz CT molecular complexity index is 1260. The minimum atomic E-state index is -5.88. The predicted octanol–water partition coefficient (Wildman–Crippen LogP) is -0.0857. The van der Waals surface area contributed by atoms with E-state index in [9.17, 15) is 33.7 Å². The van der Waals surface area contributed by atoms with Crippen LogP contribution in [0.2, 0.25) is 0 Å². The Morgan fingerprint density at radius 3 is 2.43 bits per heavy atom. The molecule has 0 amide bonds. The lowest BCUT2D eigenvalue weighted by Crippen LogP contribution is -2.46. The summed E-state index contributed by atoms with van der Waals surface area (Å²) in [6, 6.07) is 1.41. The molecule has 196 valence electrons. The van der Waals surface area contributed by atoms with Gasteiger partial charge in [-0.3, -0.25) is 4.52 Å². The molecule has 2 rings (SSSR count). The smallest absolute Gasteiger partial charge is 0.392 e. The van der Waals surface area contributed by atoms with Crippen molar-refractivity contribution < 1.29 is 65.8 Å². The number of aliphatic hydroxyl groups excluding tert-OH is 2. The van der Waals surface area contributed by atoms with E-state index >= 15 is 4.39 Å². The first-order valence-electron chi connectivity index (χ1n) is 8.96. The van der Waals surface area contributed by atoms with Crippen molar-refractivity contribution in [3.63, 3.8) is 0 Å². The highest BCUT2D eigenvalue weighted by Crippen LogP contribution is 2.66. The van der Waals surface area contributed by atoms with E-state index in [1.165, 1.54) is 19.2 Å². The van der Waals surface area contributed by atoms with E-state index in [-0.39, 0.29) is 11.5 Å². The molecule has 35 heavy (non-hydrogen) atoms. The summed E-state index contributed by atoms with van der Waals surface area (Å²) >= 11 is 0. The van der Waals surface area contributed by atoms with Crippen molar-refractivity contribution in [1.29, 1.82) is 0 Å². The number of anilines is 1. The molecular weight excluding hydrogens is 544 g/mol. The van der Waals surface area contributed by atoms with Crippen LogP contribution in [-0.4, -0.2) is 69.5 Å². The number of ether oxygens (including phenoxy) is 1. The molecule has 0 radical (unpaired) electrons. The van der Waals surface area contributed by atoms with Gasteiger partial charge in [0.25, 0.3) is 5.85 Å². The van der Waals surface area contributed by atoms with Crippen LogP contribution >= 0.6 is 23.5 Å². The first kappa shape index (κ1) is 29.4. The number of nitrogens with two attached hydrogens (primary N) is 1. The van der Waals surface area contributed by atoms with Gasteiger partial charge in [-0.2, -0.15) is 8.62 Å². The first-order chi connectivity index (χ1) is 16.0. The van der Waals surface area contributed by atoms with Gasteiger partial charge in [-0.15, -0.1) is 5.92 Å². The lowest BCUT2D eigenvalue weighted by molar-refractivity contribution is -0.255. The van der Waals surface area contributed by atoms with Crippen molar-refractivity contribution in [3.05, 3.63) is 18.6 Å². The van der Waals surface area contributed by atoms with E-state index in [4.69, 9.17) is 20.3 Å². The maximum absolute atomic E-state index is 15.7. The van der Waals surface area contributed by atoms with Crippen LogP contribution in [0.3, 0.4) is 0 Å². The molecule has 0 saturated heterocycles. The Hall–Kier alpha value is -1.80. The number of aromatic nitrogens is 3. The third-order valence-corrected chi connectivity index (χ3v) is 7.65. The summed E-state index contributed by atoms with van der Waals surface area (Å²) in [5.74, 6) is 0.669. The number of hydrogen-bond acceptors (Lipinski definition) is 12. The number of halogens is 1. The zero-order chi connectivity index (χ0) is 26.7. The molecule has 5 atom stereocenters. The minimum absolute atomic E-state index is 0.0431. The zero-order valence-electron chi connectivity index (χ0n) is 17.5. The molecule has 2 aromatic heterocycles. The van der Waals surface area contributed by atoms with Gasteiger partial charge in [0.2, 0.25) is 0 Å². The van der Waals surface area contributed by atoms with Crippen LogP contribution in [0.4, 0.5) is 10.2 Å². The molecule has 17 nitrogen and oxygen atoms in total. The van der Waals surface area contributed by atoms with Gasteiger partial charge in [0.05, 0.1) is 12.0 Å². The van der Waals surface area contributed by atoms with Gasteiger partial charge < -0.3 is 44.8 Å². The second-order valence-electron chi connectivity index (χ2n) is 6.42. The van der Waals surface area contributed by atoms with Crippen LogP contribution < -0.4 is 5.73 Å². The number of nitrogen functional groups attached to an aromatic ring is 1. The second kappa shape index (κ2) is 11.1. The first-order valence-corrected chi connectivity index (χ1v) is 13.5. The maximum Gasteiger partial charge on any atom is 0.490 e. The van der Waals surface area contributed by atoms with Gasteiger partial charge in [0.15, 0.2) is 12.3 Å². The number of hydrogen-bond donors (Lipinski definition) is 7. The third-order valence-electron chi connectivity index (χ3n) is 3.87. The van der Waals surface area contributed by atoms with E-state index in [1.54, 1.807) is 0 Å². The van der Waals surface area contributed by atoms with Crippen molar-refractivity contribution in [2.45, 2.75) is 25.1 Å². The van der Waals surface area contributed by atoms with Crippen LogP contribution in [0, 0.1) is 11.8 Å². The lowest BCUT2D eigenvalue weighted by Gasteiger charge is -2.32. The van der Waals surface area contributed by atoms with E-state index in [2.05, 4.69) is 29.0 Å². The Kier molecular flexibility index (Phi) is 9.31. The molecule has 2 heterocycles. The summed E-state index contributed by atoms with van der Waals surface area (Å²) in [6.45, 7) is -1.45. The van der Waals surface area contributed by atoms with Crippen LogP contribution in [-0.2, 0) is 31.6 Å². The molecular formula is C14H20FN4O13P3. The summed E-state index contributed by atoms with van der Waals surface area (Å²) in [5, 5.41) is 20.2. The largest absolute Gasteiger partial charge is 0.490 e. The van der Waals surface area contributed by atoms with Crippen LogP contribution in [0.1, 0.15) is 13.2 Å². The fourth-order valence-corrected chi connectivity index (χ4v) is 5.56. The topological polar surface area (TPSA) is 266 Å². The van der Waals surface area contributed by atoms with Gasteiger partial charge >= 0.3 is 23.5 Å². The van der Waals surface area contributed by atoms with E-state index < -0.39 is 54.9 Å². The Morgan fingerprint density at radius 1 is 1.20 bits per heavy atom. The van der Waals surface area contributed by atoms with Crippen LogP contribution in [0.15, 0.2) is 18.6 Å². The summed E-state index contributed by atoms with van der Waals surface area (Å²) < 4.78 is 67.2. The van der Waals surface area contributed by atoms with Gasteiger partial charge in [0, 0.05) is 6.20 Å². The van der Waals surface area contributed by atoms with Crippen molar-refractivity contribution in [2.75, 3.05) is 18.9 Å². The summed E-state index contributed by atoms with van der Waals surface area (Å²) in [5.41, 5.74) is 5.79. The highest BCUT2D eigenvalue weighted by Gasteiger charge is 2.47. The highest BCUT2D eigenvalue weighted by molar-refractivity contribution is 7.66. The number of nitrogens with zero attached hydrogens (tertiary/aromatic N) is 3. The van der Waals surface area contributed by atoms with Crippen molar-refractivity contribution in [3.8, 4) is 11.8 Å². The molecule has 0 aliphatic carbocycles. The number of aliphatic hydroxyl groups is 2. The molecule has 0 fully saturated rings. The molecule has 0 spiro atoms. The SMILES string of the molecule is CC#C[C@H](O)[C@@](F)(COP(=O)(O)OP(=O)(O)OP(=O)(O)O)O[C@H](CO)n1ccc2c(N)ncnc21. The Labute approximate surface area is 195 Å². The normalized spacial score (nSPS) is 19.1. The molecule has 21 heteroatoms. The molecule has 0 aliphatic rings. The summed E-state index contributed by atoms with van der Waals surface area (Å²) in [6.07, 6.45) is -1.70. The van der Waals surface area contributed by atoms with Crippen LogP contribution in [0.5, 0.6) is 0 Å². The van der Waals surface area contributed by atoms with E-state index in [1.807, 2.05) is 5.92 Å². The predicted molar refractivity (Wildman–Crippen MR) is 112 cm³/mol. The Morgan fingerprint density at radius 2 is 1.86 bits per heavy atom. The van der Waals surface area contributed by atoms with Crippen molar-refractivity contribution in [1.82, 2.24) is 14.5 Å². The number of phosphoric ester groups is 1. The van der Waals surface area contributed by atoms with Crippen molar-refractivity contribution >= 4 is 40.3 Å². The molecule has 2 unspecified atom stereocenters. The fourth-order valence-electron chi connectivity index (χ4n) is 2.53. The second-order valence-corrected chi connectivity index (χ2v) is 10.8. The molecule has 0 aromatic carbocycles. The number of phosphoric acid groups is 3. The van der Waals surface area contributed by atoms with Crippen LogP contribution in [0.25, 0.3) is 11.0 Å². The summed E-state index contributed by atoms with van der Waals surface area (Å²) in [4.78, 5) is 43.6. The number of rotatable bonds is 12. The standard InChI is InChI=1S/C14H20FN4O13P3/c1-2-3-10(21)14(15,7-29-34(25,26)32-35(27,28)31-33(22,23)24)30-11(6-20)19-5-4-9-12(16)17-8-18-13(9)19/h4-5,8,10-11,20-21H,6-7H2,1H3,(H,25,26)(H,27,28)(H2,16,17,18)(H2,22,23,24)/t10-,11+,14+/m0/s1. The Balaban J connectivity index is 2.31. The quantitative estimate of drug-likeness (QED) is 0.131. The van der Waals surface area contributed by atoms with Gasteiger partial charge in [-0.05, 0) is 13.0 Å². The zero-order valence-corrected chi connectivity index (χ0v) is 20.2. The fraction of sp³-hybridized carbons (Fsp3) is 0.429. The average Bonchev–Trinajstić information content (AvgIpc) is 3.13. The van der Waals surface area contributed by atoms with Gasteiger partial charge in [-0.25, -0.2) is 28.1 Å². The molecule has 0 saturated carbocycles. The monoisotopic (exact) mass is 564 g/mol.